The van der Waals surface area contributed by atoms with Gasteiger partial charge in [-0.25, -0.2) is 18.7 Å². The number of hydrogen-bond donors (Lipinski definition) is 1. The standard InChI is InChI=1S/C19H17F2N5OS/c1-9-6-10(2)23-19(22-9)26-18-16(11(3)25-26)17(28-8-15(27)24-18)13-5-4-12(20)7-14(13)21/h4-7,17H,8H2,1-3H3,(H,24,27)/t17-/m1/s1. The number of fused-ring (bicyclic) bond motifs is 1. The van der Waals surface area contributed by atoms with Gasteiger partial charge >= 0.3 is 0 Å². The SMILES string of the molecule is Cc1cc(C)nc(-n2nc(C)c3c2NC(=O)CS[C@@H]3c2ccc(F)cc2F)n1. The predicted octanol–water partition coefficient (Wildman–Crippen LogP) is 3.64. The molecule has 0 unspecified atom stereocenters. The van der Waals surface area contributed by atoms with E-state index in [2.05, 4.69) is 20.4 Å². The number of anilines is 1. The molecule has 1 atom stereocenters. The average Bonchev–Trinajstić information content (AvgIpc) is 2.81. The van der Waals surface area contributed by atoms with Gasteiger partial charge in [0.25, 0.3) is 5.95 Å². The van der Waals surface area contributed by atoms with E-state index in [4.69, 9.17) is 0 Å². The third-order valence-electron chi connectivity index (χ3n) is 4.41. The van der Waals surface area contributed by atoms with Crippen LogP contribution in [0.25, 0.3) is 5.95 Å². The Kier molecular flexibility index (Phi) is 4.62. The van der Waals surface area contributed by atoms with E-state index in [9.17, 15) is 13.6 Å². The number of nitrogens with one attached hydrogen (secondary N) is 1. The number of aromatic nitrogens is 4. The van der Waals surface area contributed by atoms with Crippen LogP contribution in [0, 0.1) is 32.4 Å². The summed E-state index contributed by atoms with van der Waals surface area (Å²) in [7, 11) is 0. The van der Waals surface area contributed by atoms with Crippen LogP contribution in [0.2, 0.25) is 0 Å². The number of aryl methyl sites for hydroxylation is 3. The van der Waals surface area contributed by atoms with Gasteiger partial charge in [0.05, 0.1) is 16.7 Å². The van der Waals surface area contributed by atoms with Crippen molar-refractivity contribution in [2.24, 2.45) is 0 Å². The van der Waals surface area contributed by atoms with E-state index in [0.29, 0.717) is 28.6 Å². The summed E-state index contributed by atoms with van der Waals surface area (Å²) in [6.45, 7) is 5.47. The lowest BCUT2D eigenvalue weighted by Crippen LogP contribution is -2.17. The number of hydrogen-bond acceptors (Lipinski definition) is 5. The Bertz CT molecular complexity index is 1080. The molecule has 0 fully saturated rings. The van der Waals surface area contributed by atoms with Crippen molar-refractivity contribution in [1.82, 2.24) is 19.7 Å². The first kappa shape index (κ1) is 18.5. The molecule has 1 amide bonds. The number of nitrogens with zero attached hydrogens (tertiary/aromatic N) is 4. The summed E-state index contributed by atoms with van der Waals surface area (Å²) >= 11 is 1.27. The van der Waals surface area contributed by atoms with E-state index in [1.807, 2.05) is 19.9 Å². The second kappa shape index (κ2) is 6.97. The van der Waals surface area contributed by atoms with E-state index in [0.717, 1.165) is 17.5 Å². The molecule has 0 saturated heterocycles. The second-order valence-corrected chi connectivity index (χ2v) is 7.71. The van der Waals surface area contributed by atoms with E-state index in [-0.39, 0.29) is 11.7 Å². The van der Waals surface area contributed by atoms with Crippen molar-refractivity contribution >= 4 is 23.5 Å². The molecule has 9 heteroatoms. The number of halogens is 2. The second-order valence-electron chi connectivity index (χ2n) is 6.62. The van der Waals surface area contributed by atoms with Gasteiger partial charge in [-0.1, -0.05) is 6.07 Å². The summed E-state index contributed by atoms with van der Waals surface area (Å²) in [5, 5.41) is 6.84. The first-order valence-electron chi connectivity index (χ1n) is 8.62. The summed E-state index contributed by atoms with van der Waals surface area (Å²) in [4.78, 5) is 21.2. The summed E-state index contributed by atoms with van der Waals surface area (Å²) in [5.74, 6) is -0.679. The maximum atomic E-state index is 14.5. The Morgan fingerprint density at radius 1 is 1.14 bits per heavy atom. The lowest BCUT2D eigenvalue weighted by atomic mass is 10.0. The topological polar surface area (TPSA) is 72.7 Å². The van der Waals surface area contributed by atoms with Gasteiger partial charge in [-0.05, 0) is 32.9 Å². The van der Waals surface area contributed by atoms with Gasteiger partial charge in [0.1, 0.15) is 17.5 Å². The van der Waals surface area contributed by atoms with Crippen LogP contribution in [0.5, 0.6) is 0 Å². The largest absolute Gasteiger partial charge is 0.309 e. The van der Waals surface area contributed by atoms with Crippen LogP contribution in [0.15, 0.2) is 24.3 Å². The average molecular weight is 401 g/mol. The summed E-state index contributed by atoms with van der Waals surface area (Å²) in [6.07, 6.45) is 0. The van der Waals surface area contributed by atoms with Crippen LogP contribution >= 0.6 is 11.8 Å². The van der Waals surface area contributed by atoms with Crippen molar-refractivity contribution in [1.29, 1.82) is 0 Å². The van der Waals surface area contributed by atoms with Crippen LogP contribution in [-0.4, -0.2) is 31.4 Å². The molecule has 28 heavy (non-hydrogen) atoms. The molecule has 0 saturated carbocycles. The quantitative estimate of drug-likeness (QED) is 0.710. The van der Waals surface area contributed by atoms with E-state index in [1.165, 1.54) is 28.6 Å². The highest BCUT2D eigenvalue weighted by Gasteiger charge is 2.32. The number of rotatable bonds is 2. The molecule has 0 radical (unpaired) electrons. The van der Waals surface area contributed by atoms with E-state index >= 15 is 0 Å². The van der Waals surface area contributed by atoms with Crippen molar-refractivity contribution in [2.75, 3.05) is 11.1 Å². The first-order valence-corrected chi connectivity index (χ1v) is 9.67. The Morgan fingerprint density at radius 3 is 2.54 bits per heavy atom. The molecule has 1 aliphatic heterocycles. The summed E-state index contributed by atoms with van der Waals surface area (Å²) in [6, 6.07) is 5.31. The van der Waals surface area contributed by atoms with Crippen LogP contribution in [0.3, 0.4) is 0 Å². The molecule has 1 aliphatic rings. The van der Waals surface area contributed by atoms with Crippen LogP contribution in [-0.2, 0) is 4.79 Å². The highest BCUT2D eigenvalue weighted by atomic mass is 32.2. The molecule has 0 spiro atoms. The normalized spacial score (nSPS) is 16.5. The first-order chi connectivity index (χ1) is 13.3. The smallest absolute Gasteiger partial charge is 0.252 e. The van der Waals surface area contributed by atoms with Gasteiger partial charge in [0, 0.05) is 28.6 Å². The molecule has 1 N–H and O–H groups in total. The van der Waals surface area contributed by atoms with Gasteiger partial charge in [0.2, 0.25) is 5.91 Å². The molecule has 4 rings (SSSR count). The zero-order valence-corrected chi connectivity index (χ0v) is 16.3. The molecular formula is C19H17F2N5OS. The van der Waals surface area contributed by atoms with Crippen LogP contribution in [0.4, 0.5) is 14.6 Å². The van der Waals surface area contributed by atoms with Crippen molar-refractivity contribution in [3.05, 3.63) is 64.1 Å². The molecule has 6 nitrogen and oxygen atoms in total. The molecule has 3 heterocycles. The van der Waals surface area contributed by atoms with E-state index in [1.54, 1.807) is 6.92 Å². The molecular weight excluding hydrogens is 384 g/mol. The van der Waals surface area contributed by atoms with Crippen molar-refractivity contribution in [3.8, 4) is 5.95 Å². The monoisotopic (exact) mass is 401 g/mol. The third-order valence-corrected chi connectivity index (χ3v) is 5.66. The molecule has 1 aromatic carbocycles. The van der Waals surface area contributed by atoms with E-state index < -0.39 is 16.9 Å². The van der Waals surface area contributed by atoms with Gasteiger partial charge in [-0.15, -0.1) is 11.8 Å². The molecule has 144 valence electrons. The van der Waals surface area contributed by atoms with Gasteiger partial charge in [0.15, 0.2) is 0 Å². The van der Waals surface area contributed by atoms with Crippen molar-refractivity contribution < 1.29 is 13.6 Å². The van der Waals surface area contributed by atoms with Crippen molar-refractivity contribution in [3.63, 3.8) is 0 Å². The minimum absolute atomic E-state index is 0.128. The highest BCUT2D eigenvalue weighted by molar-refractivity contribution is 8.00. The highest BCUT2D eigenvalue weighted by Crippen LogP contribution is 2.44. The Balaban J connectivity index is 1.92. The van der Waals surface area contributed by atoms with Crippen LogP contribution < -0.4 is 5.32 Å². The summed E-state index contributed by atoms with van der Waals surface area (Å²) < 4.78 is 29.4. The maximum absolute atomic E-state index is 14.5. The number of amides is 1. The predicted molar refractivity (Wildman–Crippen MR) is 103 cm³/mol. The third kappa shape index (κ3) is 3.26. The fraction of sp³-hybridized carbons (Fsp3) is 0.263. The lowest BCUT2D eigenvalue weighted by Gasteiger charge is -2.16. The van der Waals surface area contributed by atoms with Gasteiger partial charge in [-0.3, -0.25) is 4.79 Å². The fourth-order valence-electron chi connectivity index (χ4n) is 3.29. The molecule has 0 aliphatic carbocycles. The molecule has 3 aromatic rings. The molecule has 2 aromatic heterocycles. The number of carbonyl (C=O) groups excluding carboxylic acids is 1. The Labute approximate surface area is 164 Å². The molecule has 0 bridgehead atoms. The van der Waals surface area contributed by atoms with Crippen molar-refractivity contribution in [2.45, 2.75) is 26.0 Å². The van der Waals surface area contributed by atoms with Gasteiger partial charge in [-0.2, -0.15) is 9.78 Å². The number of benzene rings is 1. The number of carbonyl (C=O) groups is 1. The van der Waals surface area contributed by atoms with Crippen LogP contribution in [0.1, 0.15) is 33.5 Å². The minimum atomic E-state index is -0.660. The Morgan fingerprint density at radius 2 is 1.86 bits per heavy atom. The lowest BCUT2D eigenvalue weighted by molar-refractivity contribution is -0.113. The zero-order chi connectivity index (χ0) is 20.0. The Hall–Kier alpha value is -2.81. The number of thioether (sulfide) groups is 1. The van der Waals surface area contributed by atoms with Gasteiger partial charge < -0.3 is 5.32 Å². The zero-order valence-electron chi connectivity index (χ0n) is 15.5. The fourth-order valence-corrected chi connectivity index (χ4v) is 4.50. The maximum Gasteiger partial charge on any atom is 0.252 e. The summed E-state index contributed by atoms with van der Waals surface area (Å²) in [5.41, 5.74) is 3.10. The minimum Gasteiger partial charge on any atom is -0.309 e.